The molecule has 1 aliphatic rings. The van der Waals surface area contributed by atoms with Gasteiger partial charge in [0.15, 0.2) is 5.65 Å². The van der Waals surface area contributed by atoms with Gasteiger partial charge < -0.3 is 15.2 Å². The van der Waals surface area contributed by atoms with Crippen molar-refractivity contribution in [2.75, 3.05) is 32.0 Å². The summed E-state index contributed by atoms with van der Waals surface area (Å²) in [5.74, 6) is 1.36. The molecule has 0 amide bonds. The Balaban J connectivity index is 0.00000120. The highest BCUT2D eigenvalue weighted by molar-refractivity contribution is 5.92. The number of piperidine rings is 1. The molecule has 27 heavy (non-hydrogen) atoms. The molecule has 1 aliphatic heterocycles. The lowest BCUT2D eigenvalue weighted by Gasteiger charge is -2.28. The molecule has 0 unspecified atom stereocenters. The van der Waals surface area contributed by atoms with Crippen molar-refractivity contribution in [2.45, 2.75) is 12.8 Å². The summed E-state index contributed by atoms with van der Waals surface area (Å²) in [4.78, 5) is 19.5. The smallest absolute Gasteiger partial charge is 0.224 e. The molecule has 0 aromatic carbocycles. The van der Waals surface area contributed by atoms with E-state index in [-0.39, 0.29) is 2.85 Å². The van der Waals surface area contributed by atoms with Gasteiger partial charge in [-0.2, -0.15) is 10.1 Å². The third kappa shape index (κ3) is 3.12. The maximum atomic E-state index is 4.66. The number of nitrogens with zero attached hydrogens (tertiary/aromatic N) is 6. The normalized spacial score (nSPS) is 16.3. The molecule has 2 N–H and O–H groups in total. The lowest BCUT2D eigenvalue weighted by Crippen LogP contribution is -2.33. The number of H-pyrrole nitrogens is 1. The van der Waals surface area contributed by atoms with E-state index >= 15 is 0 Å². The molecule has 0 spiro atoms. The Labute approximate surface area is 159 Å². The Morgan fingerprint density at radius 3 is 3.04 bits per heavy atom. The topological polar surface area (TPSA) is 87.0 Å². The number of fused-ring (bicyclic) bond motifs is 2. The summed E-state index contributed by atoms with van der Waals surface area (Å²) in [6.07, 6.45) is 9.91. The Hall–Kier alpha value is -3.00. The standard InChI is InChI=1S/C19H22N8.2H2/c1-26-7-3-13(4-8-26)10-21-19-22-12-15-14(11-20-18(15)25-19)16-5-9-27-17(24-16)2-6-23-27;;/h2,5-6,9,11-13H,3-4,7-8,10H2,1H3,(H2,20,21,22,25);2*1H. The van der Waals surface area contributed by atoms with Gasteiger partial charge in [-0.25, -0.2) is 14.5 Å². The summed E-state index contributed by atoms with van der Waals surface area (Å²) in [7, 11) is 2.18. The number of aromatic nitrogens is 6. The van der Waals surface area contributed by atoms with Gasteiger partial charge in [0.1, 0.15) is 5.65 Å². The van der Waals surface area contributed by atoms with E-state index < -0.39 is 0 Å². The van der Waals surface area contributed by atoms with E-state index in [9.17, 15) is 0 Å². The van der Waals surface area contributed by atoms with Crippen LogP contribution in [0.4, 0.5) is 5.95 Å². The number of hydrogen-bond acceptors (Lipinski definition) is 6. The highest BCUT2D eigenvalue weighted by Crippen LogP contribution is 2.26. The van der Waals surface area contributed by atoms with Gasteiger partial charge in [0.2, 0.25) is 5.95 Å². The van der Waals surface area contributed by atoms with Crippen LogP contribution >= 0.6 is 0 Å². The summed E-state index contributed by atoms with van der Waals surface area (Å²) in [5, 5.41) is 8.56. The zero-order valence-electron chi connectivity index (χ0n) is 15.3. The molecule has 0 radical (unpaired) electrons. The number of aromatic amines is 1. The maximum Gasteiger partial charge on any atom is 0.224 e. The first-order valence-corrected chi connectivity index (χ1v) is 9.33. The Morgan fingerprint density at radius 1 is 1.26 bits per heavy atom. The number of nitrogens with one attached hydrogen (secondary N) is 2. The fraction of sp³-hybridized carbons (Fsp3) is 0.368. The second-order valence-electron chi connectivity index (χ2n) is 7.23. The molecule has 0 atom stereocenters. The molecule has 142 valence electrons. The van der Waals surface area contributed by atoms with Crippen molar-refractivity contribution in [2.24, 2.45) is 5.92 Å². The van der Waals surface area contributed by atoms with Gasteiger partial charge in [-0.1, -0.05) is 0 Å². The van der Waals surface area contributed by atoms with Crippen LogP contribution in [-0.2, 0) is 0 Å². The average Bonchev–Trinajstić information content (AvgIpc) is 3.33. The first-order valence-electron chi connectivity index (χ1n) is 9.33. The fourth-order valence-electron chi connectivity index (χ4n) is 3.67. The van der Waals surface area contributed by atoms with E-state index in [4.69, 9.17) is 0 Å². The second-order valence-corrected chi connectivity index (χ2v) is 7.23. The minimum Gasteiger partial charge on any atom is -0.354 e. The van der Waals surface area contributed by atoms with E-state index in [0.717, 1.165) is 34.5 Å². The Morgan fingerprint density at radius 2 is 2.15 bits per heavy atom. The number of likely N-dealkylation sites (tertiary alicyclic amines) is 1. The van der Waals surface area contributed by atoms with Crippen LogP contribution in [0.25, 0.3) is 27.9 Å². The van der Waals surface area contributed by atoms with Crippen LogP contribution in [0.15, 0.2) is 36.9 Å². The van der Waals surface area contributed by atoms with Crippen LogP contribution in [-0.4, -0.2) is 61.1 Å². The molecule has 5 heterocycles. The lowest BCUT2D eigenvalue weighted by atomic mass is 9.97. The quantitative estimate of drug-likeness (QED) is 0.577. The summed E-state index contributed by atoms with van der Waals surface area (Å²) in [5.41, 5.74) is 3.51. The summed E-state index contributed by atoms with van der Waals surface area (Å²) in [6, 6.07) is 3.84. The van der Waals surface area contributed by atoms with Crippen molar-refractivity contribution in [3.05, 3.63) is 36.9 Å². The third-order valence-corrected chi connectivity index (χ3v) is 5.35. The highest BCUT2D eigenvalue weighted by Gasteiger charge is 2.17. The summed E-state index contributed by atoms with van der Waals surface area (Å²) in [6.45, 7) is 3.26. The third-order valence-electron chi connectivity index (χ3n) is 5.35. The van der Waals surface area contributed by atoms with Gasteiger partial charge in [-0.15, -0.1) is 0 Å². The molecule has 4 aromatic heterocycles. The van der Waals surface area contributed by atoms with Crippen molar-refractivity contribution >= 4 is 22.6 Å². The molecule has 4 aromatic rings. The van der Waals surface area contributed by atoms with Crippen molar-refractivity contribution in [1.82, 2.24) is 34.4 Å². The molecule has 0 saturated carbocycles. The van der Waals surface area contributed by atoms with E-state index in [1.54, 1.807) is 10.7 Å². The monoisotopic (exact) mass is 366 g/mol. The summed E-state index contributed by atoms with van der Waals surface area (Å²) >= 11 is 0. The van der Waals surface area contributed by atoms with Crippen molar-refractivity contribution in [3.63, 3.8) is 0 Å². The maximum absolute atomic E-state index is 4.66. The summed E-state index contributed by atoms with van der Waals surface area (Å²) < 4.78 is 1.75. The molecule has 0 bridgehead atoms. The molecule has 5 rings (SSSR count). The van der Waals surface area contributed by atoms with E-state index in [0.29, 0.717) is 11.9 Å². The van der Waals surface area contributed by atoms with E-state index in [1.807, 2.05) is 30.7 Å². The van der Waals surface area contributed by atoms with Crippen LogP contribution in [0.5, 0.6) is 0 Å². The van der Waals surface area contributed by atoms with Crippen LogP contribution in [0.2, 0.25) is 0 Å². The zero-order chi connectivity index (χ0) is 18.2. The van der Waals surface area contributed by atoms with Gasteiger partial charge in [-0.3, -0.25) is 0 Å². The van der Waals surface area contributed by atoms with Crippen LogP contribution in [0.1, 0.15) is 15.7 Å². The van der Waals surface area contributed by atoms with E-state index in [1.165, 1.54) is 25.9 Å². The van der Waals surface area contributed by atoms with E-state index in [2.05, 4.69) is 42.3 Å². The fourth-order valence-corrected chi connectivity index (χ4v) is 3.67. The molecular weight excluding hydrogens is 340 g/mol. The Kier molecular flexibility index (Phi) is 3.97. The first-order chi connectivity index (χ1) is 13.3. The van der Waals surface area contributed by atoms with Gasteiger partial charge >= 0.3 is 0 Å². The lowest BCUT2D eigenvalue weighted by molar-refractivity contribution is 0.226. The predicted octanol–water partition coefficient (Wildman–Crippen LogP) is 2.91. The van der Waals surface area contributed by atoms with Crippen LogP contribution in [0.3, 0.4) is 0 Å². The largest absolute Gasteiger partial charge is 0.354 e. The number of anilines is 1. The molecule has 8 heteroatoms. The minimum absolute atomic E-state index is 0. The predicted molar refractivity (Wildman–Crippen MR) is 109 cm³/mol. The molecule has 8 nitrogen and oxygen atoms in total. The van der Waals surface area contributed by atoms with Gasteiger partial charge in [-0.05, 0) is 45.0 Å². The molecule has 1 fully saturated rings. The van der Waals surface area contributed by atoms with Crippen molar-refractivity contribution in [1.29, 1.82) is 0 Å². The second kappa shape index (κ2) is 6.62. The van der Waals surface area contributed by atoms with Crippen LogP contribution < -0.4 is 5.32 Å². The minimum atomic E-state index is 0. The number of rotatable bonds is 4. The highest BCUT2D eigenvalue weighted by atomic mass is 15.2. The molecule has 1 saturated heterocycles. The Bertz CT molecular complexity index is 1080. The number of hydrogen-bond donors (Lipinski definition) is 2. The molecular formula is C19H26N8. The first kappa shape index (κ1) is 16.2. The van der Waals surface area contributed by atoms with Gasteiger partial charge in [0.25, 0.3) is 0 Å². The van der Waals surface area contributed by atoms with Crippen LogP contribution in [0, 0.1) is 5.92 Å². The average molecular weight is 366 g/mol. The van der Waals surface area contributed by atoms with Crippen molar-refractivity contribution < 1.29 is 2.85 Å². The SMILES string of the molecule is CN1CCC(CNc2ncc3c(-c4ccn5nccc5n4)c[nH]c3n2)CC1.[HH].[HH]. The zero-order valence-corrected chi connectivity index (χ0v) is 15.3. The van der Waals surface area contributed by atoms with Gasteiger partial charge in [0, 0.05) is 45.0 Å². The van der Waals surface area contributed by atoms with Crippen molar-refractivity contribution in [3.8, 4) is 11.3 Å². The molecule has 0 aliphatic carbocycles. The van der Waals surface area contributed by atoms with Gasteiger partial charge in [0.05, 0.1) is 11.9 Å².